The Balaban J connectivity index is 1.74. The van der Waals surface area contributed by atoms with E-state index in [1.54, 1.807) is 30.3 Å². The summed E-state index contributed by atoms with van der Waals surface area (Å²) in [5.74, 6) is -2.85. The zero-order chi connectivity index (χ0) is 27.9. The molecule has 1 atom stereocenters. The van der Waals surface area contributed by atoms with Crippen LogP contribution in [-0.4, -0.2) is 51.2 Å². The van der Waals surface area contributed by atoms with Gasteiger partial charge in [0.1, 0.15) is 5.75 Å². The number of alkyl halides is 3. The second-order valence-corrected chi connectivity index (χ2v) is 8.57. The SMILES string of the molecule is COc1cccc(CN2C(=O)c3ccccc3C2(OC(=O)C(F)(F)F)c2ccc3[nH]c(NC(=O)O)nc3c2)c1. The molecular weight excluding hydrogens is 521 g/mol. The Hall–Kier alpha value is -5.07. The molecule has 10 nitrogen and oxygen atoms in total. The third-order valence-electron chi connectivity index (χ3n) is 6.19. The molecule has 0 fully saturated rings. The predicted octanol–water partition coefficient (Wildman–Crippen LogP) is 4.62. The van der Waals surface area contributed by atoms with E-state index in [0.29, 0.717) is 16.8 Å². The number of carbonyl (C=O) groups is 3. The molecule has 2 heterocycles. The Kier molecular flexibility index (Phi) is 6.13. The number of aromatic nitrogens is 2. The van der Waals surface area contributed by atoms with Crippen LogP contribution in [-0.2, 0) is 21.8 Å². The highest BCUT2D eigenvalue weighted by molar-refractivity contribution is 6.01. The van der Waals surface area contributed by atoms with Gasteiger partial charge in [-0.1, -0.05) is 36.4 Å². The summed E-state index contributed by atoms with van der Waals surface area (Å²) in [5.41, 5.74) is -1.29. The molecule has 2 amide bonds. The van der Waals surface area contributed by atoms with Crippen molar-refractivity contribution < 1.29 is 42.1 Å². The second kappa shape index (κ2) is 9.35. The number of ether oxygens (including phenoxy) is 2. The fourth-order valence-electron chi connectivity index (χ4n) is 4.58. The number of hydrogen-bond acceptors (Lipinski definition) is 6. The van der Waals surface area contributed by atoms with E-state index >= 15 is 0 Å². The van der Waals surface area contributed by atoms with Crippen LogP contribution in [0.15, 0.2) is 66.7 Å². The Morgan fingerprint density at radius 3 is 2.59 bits per heavy atom. The quantitative estimate of drug-likeness (QED) is 0.304. The Morgan fingerprint density at radius 2 is 1.87 bits per heavy atom. The summed E-state index contributed by atoms with van der Waals surface area (Å²) in [7, 11) is 1.44. The van der Waals surface area contributed by atoms with Crippen molar-refractivity contribution in [2.45, 2.75) is 18.4 Å². The van der Waals surface area contributed by atoms with Gasteiger partial charge >= 0.3 is 18.2 Å². The van der Waals surface area contributed by atoms with Crippen molar-refractivity contribution in [3.63, 3.8) is 0 Å². The van der Waals surface area contributed by atoms with Gasteiger partial charge in [-0.05, 0) is 35.9 Å². The lowest BCUT2D eigenvalue weighted by atomic mass is 9.92. The summed E-state index contributed by atoms with van der Waals surface area (Å²) in [6, 6.07) is 16.6. The highest BCUT2D eigenvalue weighted by Crippen LogP contribution is 2.47. The molecule has 4 aromatic rings. The number of amides is 2. The van der Waals surface area contributed by atoms with Gasteiger partial charge in [-0.2, -0.15) is 13.2 Å². The van der Waals surface area contributed by atoms with Crippen molar-refractivity contribution in [1.82, 2.24) is 14.9 Å². The third kappa shape index (κ3) is 4.47. The molecular formula is C26H19F3N4O6. The number of aromatic amines is 1. The van der Waals surface area contributed by atoms with Gasteiger partial charge in [0.05, 0.1) is 24.7 Å². The number of imidazole rings is 1. The monoisotopic (exact) mass is 540 g/mol. The van der Waals surface area contributed by atoms with Crippen LogP contribution in [0.3, 0.4) is 0 Å². The molecule has 200 valence electrons. The van der Waals surface area contributed by atoms with Crippen molar-refractivity contribution in [2.24, 2.45) is 0 Å². The number of benzene rings is 3. The fraction of sp³-hybridized carbons (Fsp3) is 0.154. The minimum Gasteiger partial charge on any atom is -0.497 e. The van der Waals surface area contributed by atoms with Crippen molar-refractivity contribution in [2.75, 3.05) is 12.4 Å². The molecule has 0 bridgehead atoms. The van der Waals surface area contributed by atoms with Crippen LogP contribution in [0, 0.1) is 0 Å². The lowest BCUT2D eigenvalue weighted by molar-refractivity contribution is -0.222. The maximum atomic E-state index is 13.7. The molecule has 0 spiro atoms. The number of esters is 1. The van der Waals surface area contributed by atoms with E-state index in [9.17, 15) is 27.6 Å². The number of anilines is 1. The van der Waals surface area contributed by atoms with E-state index in [1.807, 2.05) is 0 Å². The van der Waals surface area contributed by atoms with E-state index in [1.165, 1.54) is 43.5 Å². The first kappa shape index (κ1) is 25.6. The van der Waals surface area contributed by atoms with Gasteiger partial charge in [0, 0.05) is 16.7 Å². The van der Waals surface area contributed by atoms with Gasteiger partial charge in [0.25, 0.3) is 5.91 Å². The van der Waals surface area contributed by atoms with Crippen LogP contribution < -0.4 is 10.1 Å². The molecule has 13 heteroatoms. The molecule has 3 aromatic carbocycles. The summed E-state index contributed by atoms with van der Waals surface area (Å²) in [6.07, 6.45) is -6.76. The van der Waals surface area contributed by atoms with Gasteiger partial charge in [-0.3, -0.25) is 15.0 Å². The number of nitrogens with one attached hydrogen (secondary N) is 2. The number of fused-ring (bicyclic) bond motifs is 2. The van der Waals surface area contributed by atoms with Crippen LogP contribution in [0.1, 0.15) is 27.0 Å². The number of halogens is 3. The predicted molar refractivity (Wildman–Crippen MR) is 130 cm³/mol. The summed E-state index contributed by atoms with van der Waals surface area (Å²) < 4.78 is 51.4. The minimum atomic E-state index is -5.37. The van der Waals surface area contributed by atoms with E-state index in [2.05, 4.69) is 15.3 Å². The fourth-order valence-corrected chi connectivity index (χ4v) is 4.58. The molecule has 1 unspecified atom stereocenters. The highest BCUT2D eigenvalue weighted by Gasteiger charge is 2.57. The number of H-pyrrole nitrogens is 1. The smallest absolute Gasteiger partial charge is 0.491 e. The first-order valence-electron chi connectivity index (χ1n) is 11.4. The van der Waals surface area contributed by atoms with Crippen LogP contribution in [0.4, 0.5) is 23.9 Å². The van der Waals surface area contributed by atoms with E-state index in [-0.39, 0.29) is 34.7 Å². The minimum absolute atomic E-state index is 0.0119. The van der Waals surface area contributed by atoms with Crippen molar-refractivity contribution >= 4 is 35.0 Å². The van der Waals surface area contributed by atoms with Gasteiger partial charge in [0.15, 0.2) is 0 Å². The van der Waals surface area contributed by atoms with Crippen LogP contribution in [0.2, 0.25) is 0 Å². The van der Waals surface area contributed by atoms with E-state index in [0.717, 1.165) is 4.90 Å². The van der Waals surface area contributed by atoms with Crippen LogP contribution >= 0.6 is 0 Å². The second-order valence-electron chi connectivity index (χ2n) is 8.57. The Bertz CT molecular complexity index is 1620. The van der Waals surface area contributed by atoms with E-state index < -0.39 is 29.9 Å². The lowest BCUT2D eigenvalue weighted by Gasteiger charge is -2.39. The maximum absolute atomic E-state index is 13.7. The summed E-state index contributed by atoms with van der Waals surface area (Å²) in [4.78, 5) is 45.0. The number of hydrogen-bond donors (Lipinski definition) is 3. The first-order chi connectivity index (χ1) is 18.5. The van der Waals surface area contributed by atoms with Crippen molar-refractivity contribution in [3.05, 3.63) is 89.0 Å². The van der Waals surface area contributed by atoms with Gasteiger partial charge in [-0.25, -0.2) is 14.6 Å². The number of rotatable bonds is 6. The third-order valence-corrected chi connectivity index (χ3v) is 6.19. The van der Waals surface area contributed by atoms with E-state index in [4.69, 9.17) is 14.6 Å². The number of carboxylic acid groups (broad SMARTS) is 1. The molecule has 1 aliphatic rings. The molecule has 0 radical (unpaired) electrons. The molecule has 1 aliphatic heterocycles. The normalized spacial score (nSPS) is 16.7. The maximum Gasteiger partial charge on any atom is 0.491 e. The molecule has 5 rings (SSSR count). The van der Waals surface area contributed by atoms with Crippen molar-refractivity contribution in [1.29, 1.82) is 0 Å². The number of nitrogens with zero attached hydrogens (tertiary/aromatic N) is 2. The Labute approximate surface area is 218 Å². The largest absolute Gasteiger partial charge is 0.497 e. The van der Waals surface area contributed by atoms with Gasteiger partial charge in [-0.15, -0.1) is 0 Å². The first-order valence-corrected chi connectivity index (χ1v) is 11.4. The summed E-state index contributed by atoms with van der Waals surface area (Å²) in [5, 5.41) is 11.1. The highest BCUT2D eigenvalue weighted by atomic mass is 19.4. The standard InChI is InChI=1S/C26H19F3N4O6/c1-38-16-6-4-5-14(11-16)13-33-21(34)17-7-2-3-8-18(17)25(33,39-22(35)26(27,28)29)15-9-10-19-20(12-15)31-23(30-19)32-24(36)37/h2-12H,13H2,1H3,(H,36,37)(H2,30,31,32). The molecule has 0 saturated carbocycles. The lowest BCUT2D eigenvalue weighted by Crippen LogP contribution is -2.49. The molecule has 1 aromatic heterocycles. The van der Waals surface area contributed by atoms with Gasteiger partial charge in [0.2, 0.25) is 11.7 Å². The number of methoxy groups -OCH3 is 1. The zero-order valence-corrected chi connectivity index (χ0v) is 20.1. The van der Waals surface area contributed by atoms with Crippen molar-refractivity contribution in [3.8, 4) is 5.75 Å². The average molecular weight is 540 g/mol. The summed E-state index contributed by atoms with van der Waals surface area (Å²) >= 11 is 0. The Morgan fingerprint density at radius 1 is 1.10 bits per heavy atom. The molecule has 0 saturated heterocycles. The van der Waals surface area contributed by atoms with Crippen LogP contribution in [0.25, 0.3) is 11.0 Å². The molecule has 3 N–H and O–H groups in total. The topological polar surface area (TPSA) is 134 Å². The molecule has 0 aliphatic carbocycles. The van der Waals surface area contributed by atoms with Gasteiger partial charge < -0.3 is 19.6 Å². The average Bonchev–Trinajstić information content (AvgIpc) is 3.40. The number of carbonyl (C=O) groups excluding carboxylic acids is 2. The van der Waals surface area contributed by atoms with Crippen LogP contribution in [0.5, 0.6) is 5.75 Å². The zero-order valence-electron chi connectivity index (χ0n) is 20.1. The summed E-state index contributed by atoms with van der Waals surface area (Å²) in [6.45, 7) is -0.250. The molecule has 39 heavy (non-hydrogen) atoms.